The van der Waals surface area contributed by atoms with E-state index in [1.807, 2.05) is 0 Å². The van der Waals surface area contributed by atoms with Gasteiger partial charge in [-0.15, -0.1) is 0 Å². The lowest BCUT2D eigenvalue weighted by molar-refractivity contribution is -0.0857. The SMILES string of the molecule is C[C@H](NC[C@@H]1CCCCC1(F)F)[C@@H]1CCCOC1. The van der Waals surface area contributed by atoms with Crippen molar-refractivity contribution in [1.29, 1.82) is 0 Å². The minimum Gasteiger partial charge on any atom is -0.381 e. The van der Waals surface area contributed by atoms with E-state index in [4.69, 9.17) is 4.74 Å². The molecule has 18 heavy (non-hydrogen) atoms. The van der Waals surface area contributed by atoms with Crippen molar-refractivity contribution < 1.29 is 13.5 Å². The van der Waals surface area contributed by atoms with Crippen LogP contribution in [0.1, 0.15) is 45.4 Å². The molecular formula is C14H25F2NO. The van der Waals surface area contributed by atoms with Crippen molar-refractivity contribution in [2.75, 3.05) is 19.8 Å². The van der Waals surface area contributed by atoms with Crippen molar-refractivity contribution in [2.45, 2.75) is 57.4 Å². The second kappa shape index (κ2) is 6.29. The average molecular weight is 261 g/mol. The molecular weight excluding hydrogens is 236 g/mol. The molecule has 3 atom stereocenters. The van der Waals surface area contributed by atoms with Crippen molar-refractivity contribution >= 4 is 0 Å². The van der Waals surface area contributed by atoms with Crippen LogP contribution in [0, 0.1) is 11.8 Å². The van der Waals surface area contributed by atoms with Crippen LogP contribution >= 0.6 is 0 Å². The molecule has 106 valence electrons. The molecule has 0 aromatic carbocycles. The molecule has 2 rings (SSSR count). The third-order valence-corrected chi connectivity index (χ3v) is 4.50. The van der Waals surface area contributed by atoms with Crippen LogP contribution < -0.4 is 5.32 Å². The van der Waals surface area contributed by atoms with E-state index in [-0.39, 0.29) is 12.5 Å². The molecule has 2 fully saturated rings. The smallest absolute Gasteiger partial charge is 0.252 e. The lowest BCUT2D eigenvalue weighted by atomic mass is 9.85. The first-order chi connectivity index (χ1) is 8.59. The summed E-state index contributed by atoms with van der Waals surface area (Å²) >= 11 is 0. The first kappa shape index (κ1) is 14.2. The van der Waals surface area contributed by atoms with Gasteiger partial charge in [-0.2, -0.15) is 0 Å². The maximum absolute atomic E-state index is 13.7. The topological polar surface area (TPSA) is 21.3 Å². The summed E-state index contributed by atoms with van der Waals surface area (Å²) in [7, 11) is 0. The molecule has 1 aliphatic carbocycles. The van der Waals surface area contributed by atoms with E-state index in [1.165, 1.54) is 0 Å². The highest BCUT2D eigenvalue weighted by molar-refractivity contribution is 4.85. The fourth-order valence-corrected chi connectivity index (χ4v) is 3.07. The van der Waals surface area contributed by atoms with E-state index in [0.717, 1.165) is 32.5 Å². The molecule has 0 spiro atoms. The van der Waals surface area contributed by atoms with Gasteiger partial charge in [-0.25, -0.2) is 8.78 Å². The molecule has 0 amide bonds. The summed E-state index contributed by atoms with van der Waals surface area (Å²) in [6, 6.07) is 0.281. The Morgan fingerprint density at radius 3 is 2.78 bits per heavy atom. The lowest BCUT2D eigenvalue weighted by Crippen LogP contribution is -2.45. The maximum Gasteiger partial charge on any atom is 0.252 e. The highest BCUT2D eigenvalue weighted by atomic mass is 19.3. The molecule has 1 aliphatic heterocycles. The lowest BCUT2D eigenvalue weighted by Gasteiger charge is -2.34. The molecule has 2 nitrogen and oxygen atoms in total. The van der Waals surface area contributed by atoms with Gasteiger partial charge >= 0.3 is 0 Å². The Morgan fingerprint density at radius 2 is 2.11 bits per heavy atom. The molecule has 1 saturated carbocycles. The van der Waals surface area contributed by atoms with Gasteiger partial charge < -0.3 is 10.1 Å². The first-order valence-electron chi connectivity index (χ1n) is 7.28. The van der Waals surface area contributed by atoms with Crippen LogP contribution in [0.4, 0.5) is 8.78 Å². The molecule has 2 aliphatic rings. The van der Waals surface area contributed by atoms with E-state index in [0.29, 0.717) is 25.3 Å². The number of ether oxygens (including phenoxy) is 1. The largest absolute Gasteiger partial charge is 0.381 e. The maximum atomic E-state index is 13.7. The molecule has 0 aromatic rings. The van der Waals surface area contributed by atoms with Crippen molar-refractivity contribution in [1.82, 2.24) is 5.32 Å². The van der Waals surface area contributed by atoms with E-state index >= 15 is 0 Å². The number of halogens is 2. The van der Waals surface area contributed by atoms with E-state index < -0.39 is 11.8 Å². The second-order valence-corrected chi connectivity index (χ2v) is 5.88. The standard InChI is InChI=1S/C14H25F2NO/c1-11(12-5-4-8-18-10-12)17-9-13-6-2-3-7-14(13,15)16/h11-13,17H,2-10H2,1H3/t11-,12+,13-/m0/s1. The van der Waals surface area contributed by atoms with Crippen LogP contribution in [-0.2, 0) is 4.74 Å². The van der Waals surface area contributed by atoms with E-state index in [9.17, 15) is 8.78 Å². The van der Waals surface area contributed by atoms with Crippen LogP contribution in [0.25, 0.3) is 0 Å². The van der Waals surface area contributed by atoms with Gasteiger partial charge in [0.25, 0.3) is 5.92 Å². The zero-order valence-corrected chi connectivity index (χ0v) is 11.3. The van der Waals surface area contributed by atoms with Crippen LogP contribution in [0.15, 0.2) is 0 Å². The average Bonchev–Trinajstić information content (AvgIpc) is 2.38. The second-order valence-electron chi connectivity index (χ2n) is 5.88. The number of alkyl halides is 2. The third kappa shape index (κ3) is 3.64. The predicted octanol–water partition coefficient (Wildman–Crippen LogP) is 3.22. The number of hydrogen-bond donors (Lipinski definition) is 1. The highest BCUT2D eigenvalue weighted by Crippen LogP contribution is 2.38. The molecule has 1 heterocycles. The fraction of sp³-hybridized carbons (Fsp3) is 1.00. The first-order valence-corrected chi connectivity index (χ1v) is 7.28. The summed E-state index contributed by atoms with van der Waals surface area (Å²) < 4.78 is 32.8. The van der Waals surface area contributed by atoms with Gasteiger partial charge in [0.15, 0.2) is 0 Å². The van der Waals surface area contributed by atoms with Crippen molar-refractivity contribution in [3.63, 3.8) is 0 Å². The summed E-state index contributed by atoms with van der Waals surface area (Å²) in [5.41, 5.74) is 0. The van der Waals surface area contributed by atoms with Gasteiger partial charge in [-0.1, -0.05) is 6.42 Å². The summed E-state index contributed by atoms with van der Waals surface area (Å²) in [6.07, 6.45) is 4.60. The monoisotopic (exact) mass is 261 g/mol. The number of hydrogen-bond acceptors (Lipinski definition) is 2. The van der Waals surface area contributed by atoms with E-state index in [1.54, 1.807) is 0 Å². The van der Waals surface area contributed by atoms with Gasteiger partial charge in [0, 0.05) is 31.5 Å². The number of nitrogens with one attached hydrogen (secondary N) is 1. The Morgan fingerprint density at radius 1 is 1.28 bits per heavy atom. The Hall–Kier alpha value is -0.220. The Kier molecular flexibility index (Phi) is 4.96. The third-order valence-electron chi connectivity index (χ3n) is 4.50. The summed E-state index contributed by atoms with van der Waals surface area (Å²) in [6.45, 7) is 4.17. The minimum absolute atomic E-state index is 0.0697. The summed E-state index contributed by atoms with van der Waals surface area (Å²) in [4.78, 5) is 0. The van der Waals surface area contributed by atoms with Gasteiger partial charge in [-0.3, -0.25) is 0 Å². The minimum atomic E-state index is -2.46. The van der Waals surface area contributed by atoms with Crippen LogP contribution in [0.2, 0.25) is 0 Å². The highest BCUT2D eigenvalue weighted by Gasteiger charge is 2.41. The molecule has 0 unspecified atom stereocenters. The van der Waals surface area contributed by atoms with Crippen LogP contribution in [-0.4, -0.2) is 31.7 Å². The molecule has 1 N–H and O–H groups in total. The fourth-order valence-electron chi connectivity index (χ4n) is 3.07. The molecule has 0 radical (unpaired) electrons. The van der Waals surface area contributed by atoms with Crippen molar-refractivity contribution in [2.24, 2.45) is 11.8 Å². The van der Waals surface area contributed by atoms with Gasteiger partial charge in [0.05, 0.1) is 6.61 Å². The van der Waals surface area contributed by atoms with Gasteiger partial charge in [0.2, 0.25) is 0 Å². The summed E-state index contributed by atoms with van der Waals surface area (Å²) in [5, 5.41) is 3.32. The van der Waals surface area contributed by atoms with Gasteiger partial charge in [0.1, 0.15) is 0 Å². The Labute approximate surface area is 108 Å². The molecule has 4 heteroatoms. The van der Waals surface area contributed by atoms with E-state index in [2.05, 4.69) is 12.2 Å². The van der Waals surface area contributed by atoms with Gasteiger partial charge in [-0.05, 0) is 38.5 Å². The molecule has 1 saturated heterocycles. The Balaban J connectivity index is 1.75. The zero-order chi connectivity index (χ0) is 13.0. The normalized spacial score (nSPS) is 34.2. The quantitative estimate of drug-likeness (QED) is 0.839. The van der Waals surface area contributed by atoms with Crippen molar-refractivity contribution in [3.8, 4) is 0 Å². The number of rotatable bonds is 4. The molecule has 0 aromatic heterocycles. The van der Waals surface area contributed by atoms with Crippen LogP contribution in [0.5, 0.6) is 0 Å². The predicted molar refractivity (Wildman–Crippen MR) is 67.9 cm³/mol. The Bertz CT molecular complexity index is 254. The molecule has 0 bridgehead atoms. The van der Waals surface area contributed by atoms with Crippen molar-refractivity contribution in [3.05, 3.63) is 0 Å². The van der Waals surface area contributed by atoms with Crippen LogP contribution in [0.3, 0.4) is 0 Å². The zero-order valence-electron chi connectivity index (χ0n) is 11.3. The summed E-state index contributed by atoms with van der Waals surface area (Å²) in [5.74, 6) is -2.46.